The van der Waals surface area contributed by atoms with Crippen LogP contribution in [-0.4, -0.2) is 12.0 Å². The number of rotatable bonds is 2. The van der Waals surface area contributed by atoms with E-state index in [-0.39, 0.29) is 11.4 Å². The highest BCUT2D eigenvalue weighted by atomic mass is 16.6. The summed E-state index contributed by atoms with van der Waals surface area (Å²) in [5, 5.41) is 10.4. The number of nitrogen functional groups attached to an aromatic ring is 1. The van der Waals surface area contributed by atoms with Gasteiger partial charge in [-0.15, -0.1) is 13.2 Å². The molecule has 0 aliphatic rings. The predicted molar refractivity (Wildman–Crippen MR) is 55.3 cm³/mol. The third kappa shape index (κ3) is 2.78. The van der Waals surface area contributed by atoms with E-state index in [0.29, 0.717) is 5.75 Å². The molecule has 0 aliphatic carbocycles. The van der Waals surface area contributed by atoms with Gasteiger partial charge in [0, 0.05) is 0 Å². The Morgan fingerprint density at radius 2 is 2.07 bits per heavy atom. The molecule has 0 bridgehead atoms. The molecule has 5 heteroatoms. The van der Waals surface area contributed by atoms with Gasteiger partial charge in [-0.05, 0) is 12.1 Å². The molecule has 0 unspecified atom stereocenters. The van der Waals surface area contributed by atoms with E-state index in [1.54, 1.807) is 6.07 Å². The zero-order chi connectivity index (χ0) is 11.1. The van der Waals surface area contributed by atoms with Gasteiger partial charge >= 0.3 is 0 Å². The molecular formula is C9H12N2O3. The van der Waals surface area contributed by atoms with Crippen LogP contribution in [0.15, 0.2) is 31.4 Å². The Labute approximate surface area is 81.9 Å². The normalized spacial score (nSPS) is 8.36. The number of nitro benzene ring substituents is 1. The van der Waals surface area contributed by atoms with Crippen LogP contribution >= 0.6 is 0 Å². The molecule has 1 aromatic carbocycles. The second-order valence-electron chi connectivity index (χ2n) is 2.18. The predicted octanol–water partition coefficient (Wildman–Crippen LogP) is 1.99. The number of hydrogen-bond donors (Lipinski definition) is 1. The van der Waals surface area contributed by atoms with Crippen molar-refractivity contribution in [3.05, 3.63) is 41.5 Å². The molecule has 0 spiro atoms. The molecule has 0 saturated heterocycles. The van der Waals surface area contributed by atoms with Gasteiger partial charge < -0.3 is 10.5 Å². The van der Waals surface area contributed by atoms with Crippen LogP contribution in [-0.2, 0) is 0 Å². The smallest absolute Gasteiger partial charge is 0.295 e. The fourth-order valence-electron chi connectivity index (χ4n) is 0.809. The summed E-state index contributed by atoms with van der Waals surface area (Å²) < 4.78 is 4.80. The molecule has 0 heterocycles. The number of nitrogens with two attached hydrogens (primary N) is 1. The van der Waals surface area contributed by atoms with Crippen molar-refractivity contribution in [2.24, 2.45) is 0 Å². The molecule has 2 N–H and O–H groups in total. The Morgan fingerprint density at radius 1 is 1.50 bits per heavy atom. The zero-order valence-electron chi connectivity index (χ0n) is 7.90. The maximum Gasteiger partial charge on any atom is 0.295 e. The first kappa shape index (κ1) is 12.0. The molecule has 0 aliphatic heterocycles. The Hall–Kier alpha value is -2.04. The van der Waals surface area contributed by atoms with E-state index >= 15 is 0 Å². The lowest BCUT2D eigenvalue weighted by Crippen LogP contribution is -1.95. The van der Waals surface area contributed by atoms with E-state index < -0.39 is 4.92 Å². The standard InChI is InChI=1S/C7H8N2O3.C2H4/c1-12-5-2-3-6(8)7(4-5)9(10)11;1-2/h2-4H,8H2,1H3;1-2H2. The molecule has 0 fully saturated rings. The van der Waals surface area contributed by atoms with Crippen LogP contribution in [0.4, 0.5) is 11.4 Å². The lowest BCUT2D eigenvalue weighted by atomic mass is 10.2. The van der Waals surface area contributed by atoms with Gasteiger partial charge in [0.25, 0.3) is 5.69 Å². The molecule has 0 atom stereocenters. The van der Waals surface area contributed by atoms with Crippen molar-refractivity contribution < 1.29 is 9.66 Å². The fraction of sp³-hybridized carbons (Fsp3) is 0.111. The molecule has 0 radical (unpaired) electrons. The van der Waals surface area contributed by atoms with Crippen molar-refractivity contribution in [3.63, 3.8) is 0 Å². The van der Waals surface area contributed by atoms with Crippen LogP contribution in [0.3, 0.4) is 0 Å². The first-order valence-electron chi connectivity index (χ1n) is 3.73. The van der Waals surface area contributed by atoms with E-state index in [2.05, 4.69) is 13.2 Å². The Morgan fingerprint density at radius 3 is 2.50 bits per heavy atom. The molecule has 1 aromatic rings. The largest absolute Gasteiger partial charge is 0.496 e. The van der Waals surface area contributed by atoms with Gasteiger partial charge in [-0.1, -0.05) is 0 Å². The van der Waals surface area contributed by atoms with Crippen molar-refractivity contribution in [1.29, 1.82) is 0 Å². The minimum Gasteiger partial charge on any atom is -0.496 e. The zero-order valence-corrected chi connectivity index (χ0v) is 7.90. The highest BCUT2D eigenvalue weighted by Gasteiger charge is 2.11. The quantitative estimate of drug-likeness (QED) is 0.339. The molecule has 1 rings (SSSR count). The number of ether oxygens (including phenoxy) is 1. The average molecular weight is 196 g/mol. The van der Waals surface area contributed by atoms with Gasteiger partial charge in [0.2, 0.25) is 0 Å². The second-order valence-corrected chi connectivity index (χ2v) is 2.18. The molecule has 0 amide bonds. The van der Waals surface area contributed by atoms with Crippen LogP contribution in [0, 0.1) is 10.1 Å². The fourth-order valence-corrected chi connectivity index (χ4v) is 0.809. The van der Waals surface area contributed by atoms with Gasteiger partial charge in [0.1, 0.15) is 11.4 Å². The highest BCUT2D eigenvalue weighted by Crippen LogP contribution is 2.25. The summed E-state index contributed by atoms with van der Waals surface area (Å²) in [4.78, 5) is 9.82. The summed E-state index contributed by atoms with van der Waals surface area (Å²) in [6.45, 7) is 6.00. The minimum atomic E-state index is -0.544. The molecule has 5 nitrogen and oxygen atoms in total. The highest BCUT2D eigenvalue weighted by molar-refractivity contribution is 5.60. The van der Waals surface area contributed by atoms with Crippen molar-refractivity contribution in [2.75, 3.05) is 12.8 Å². The van der Waals surface area contributed by atoms with Gasteiger partial charge in [-0.2, -0.15) is 0 Å². The van der Waals surface area contributed by atoms with E-state index in [9.17, 15) is 10.1 Å². The molecular weight excluding hydrogens is 184 g/mol. The number of methoxy groups -OCH3 is 1. The average Bonchev–Trinajstić information content (AvgIpc) is 2.21. The number of hydrogen-bond acceptors (Lipinski definition) is 4. The summed E-state index contributed by atoms with van der Waals surface area (Å²) in [6, 6.07) is 4.30. The first-order valence-corrected chi connectivity index (χ1v) is 3.73. The Balaban J connectivity index is 0.000000791. The van der Waals surface area contributed by atoms with Crippen LogP contribution in [0.1, 0.15) is 0 Å². The van der Waals surface area contributed by atoms with Crippen molar-refractivity contribution in [1.82, 2.24) is 0 Å². The maximum absolute atomic E-state index is 10.4. The number of anilines is 1. The number of benzene rings is 1. The van der Waals surface area contributed by atoms with Crippen LogP contribution in [0.25, 0.3) is 0 Å². The lowest BCUT2D eigenvalue weighted by molar-refractivity contribution is -0.384. The van der Waals surface area contributed by atoms with Crippen LogP contribution in [0.2, 0.25) is 0 Å². The van der Waals surface area contributed by atoms with Crippen LogP contribution < -0.4 is 10.5 Å². The third-order valence-corrected chi connectivity index (χ3v) is 1.43. The molecule has 76 valence electrons. The van der Waals surface area contributed by atoms with Crippen LogP contribution in [0.5, 0.6) is 5.75 Å². The van der Waals surface area contributed by atoms with E-state index in [0.717, 1.165) is 0 Å². The van der Waals surface area contributed by atoms with Crippen molar-refractivity contribution >= 4 is 11.4 Å². The first-order chi connectivity index (χ1) is 6.65. The third-order valence-electron chi connectivity index (χ3n) is 1.43. The second kappa shape index (κ2) is 5.58. The molecule has 14 heavy (non-hydrogen) atoms. The van der Waals surface area contributed by atoms with Gasteiger partial charge in [0.15, 0.2) is 0 Å². The van der Waals surface area contributed by atoms with E-state index in [1.807, 2.05) is 0 Å². The van der Waals surface area contributed by atoms with Crippen molar-refractivity contribution in [2.45, 2.75) is 0 Å². The molecule has 0 aromatic heterocycles. The summed E-state index contributed by atoms with van der Waals surface area (Å²) in [5.74, 6) is 0.427. The summed E-state index contributed by atoms with van der Waals surface area (Å²) in [7, 11) is 1.44. The minimum absolute atomic E-state index is 0.130. The Kier molecular flexibility index (Phi) is 4.77. The van der Waals surface area contributed by atoms with Gasteiger partial charge in [-0.3, -0.25) is 10.1 Å². The number of nitrogens with zero attached hydrogens (tertiary/aromatic N) is 1. The Bertz CT molecular complexity index is 326. The van der Waals surface area contributed by atoms with Crippen molar-refractivity contribution in [3.8, 4) is 5.75 Å². The maximum atomic E-state index is 10.4. The lowest BCUT2D eigenvalue weighted by Gasteiger charge is -2.00. The molecule has 0 saturated carbocycles. The van der Waals surface area contributed by atoms with Gasteiger partial charge in [0.05, 0.1) is 18.1 Å². The number of nitro groups is 1. The van der Waals surface area contributed by atoms with E-state index in [4.69, 9.17) is 10.5 Å². The SMILES string of the molecule is C=C.COc1ccc(N)c([N+](=O)[O-])c1. The topological polar surface area (TPSA) is 78.4 Å². The van der Waals surface area contributed by atoms with E-state index in [1.165, 1.54) is 19.2 Å². The monoisotopic (exact) mass is 196 g/mol. The van der Waals surface area contributed by atoms with Gasteiger partial charge in [-0.25, -0.2) is 0 Å². The summed E-state index contributed by atoms with van der Waals surface area (Å²) >= 11 is 0. The summed E-state index contributed by atoms with van der Waals surface area (Å²) in [5.41, 5.74) is 5.36. The summed E-state index contributed by atoms with van der Waals surface area (Å²) in [6.07, 6.45) is 0.